The second-order valence-electron chi connectivity index (χ2n) is 5.95. The van der Waals surface area contributed by atoms with E-state index in [4.69, 9.17) is 14.2 Å². The molecule has 0 fully saturated rings. The summed E-state index contributed by atoms with van der Waals surface area (Å²) in [5.74, 6) is -3.59. The van der Waals surface area contributed by atoms with Gasteiger partial charge in [0, 0.05) is 17.2 Å². The van der Waals surface area contributed by atoms with Crippen LogP contribution in [0.5, 0.6) is 11.6 Å². The van der Waals surface area contributed by atoms with Crippen LogP contribution in [0.1, 0.15) is 25.3 Å². The van der Waals surface area contributed by atoms with Gasteiger partial charge in [0.25, 0.3) is 0 Å². The maximum atomic E-state index is 12.4. The standard InChI is InChI=1S/C20H22N2O7/c1-3-27-19(23)18(20(24)28-4-2)16(13-22(25)26)14-8-7-9-15(12-14)29-17-10-5-6-11-21-17/h5-12,16,18H,3-4,13H2,1-2H3. The van der Waals surface area contributed by atoms with Crippen LogP contribution >= 0.6 is 0 Å². The Morgan fingerprint density at radius 1 is 1.07 bits per heavy atom. The SMILES string of the molecule is CCOC(=O)C(C(=O)OCC)C(C[N+](=O)[O-])c1cccc(Oc2ccccn2)c1. The minimum absolute atomic E-state index is 0.0305. The van der Waals surface area contributed by atoms with E-state index in [-0.39, 0.29) is 13.2 Å². The predicted molar refractivity (Wildman–Crippen MR) is 102 cm³/mol. The Bertz CT molecular complexity index is 824. The molecule has 1 atom stereocenters. The zero-order chi connectivity index (χ0) is 21.2. The highest BCUT2D eigenvalue weighted by molar-refractivity contribution is 5.96. The van der Waals surface area contributed by atoms with E-state index in [2.05, 4.69) is 4.98 Å². The minimum atomic E-state index is -1.47. The monoisotopic (exact) mass is 402 g/mol. The third-order valence-corrected chi connectivity index (χ3v) is 3.98. The van der Waals surface area contributed by atoms with Crippen LogP contribution in [-0.2, 0) is 19.1 Å². The first-order valence-electron chi connectivity index (χ1n) is 9.10. The van der Waals surface area contributed by atoms with Gasteiger partial charge in [0.2, 0.25) is 12.4 Å². The summed E-state index contributed by atoms with van der Waals surface area (Å²) >= 11 is 0. The Balaban J connectivity index is 2.41. The smallest absolute Gasteiger partial charge is 0.321 e. The van der Waals surface area contributed by atoms with E-state index in [0.29, 0.717) is 17.2 Å². The van der Waals surface area contributed by atoms with Crippen LogP contribution in [0.3, 0.4) is 0 Å². The quantitative estimate of drug-likeness (QED) is 0.258. The van der Waals surface area contributed by atoms with Gasteiger partial charge in [-0.1, -0.05) is 18.2 Å². The van der Waals surface area contributed by atoms with Crippen molar-refractivity contribution in [3.63, 3.8) is 0 Å². The summed E-state index contributed by atoms with van der Waals surface area (Å²) in [6.45, 7) is 2.58. The van der Waals surface area contributed by atoms with Crippen molar-refractivity contribution in [3.05, 3.63) is 64.3 Å². The molecule has 0 aliphatic rings. The maximum absolute atomic E-state index is 12.4. The van der Waals surface area contributed by atoms with Crippen LogP contribution in [0.2, 0.25) is 0 Å². The van der Waals surface area contributed by atoms with Crippen LogP contribution in [0.15, 0.2) is 48.7 Å². The number of nitrogens with zero attached hydrogens (tertiary/aromatic N) is 2. The molecule has 2 rings (SSSR count). The van der Waals surface area contributed by atoms with Gasteiger partial charge in [-0.3, -0.25) is 19.7 Å². The van der Waals surface area contributed by atoms with Crippen molar-refractivity contribution in [1.29, 1.82) is 0 Å². The van der Waals surface area contributed by atoms with E-state index in [9.17, 15) is 19.7 Å². The molecule has 9 nitrogen and oxygen atoms in total. The second kappa shape index (κ2) is 10.7. The van der Waals surface area contributed by atoms with Crippen LogP contribution in [-0.4, -0.2) is 41.6 Å². The molecule has 0 saturated heterocycles. The number of ether oxygens (including phenoxy) is 3. The molecule has 9 heteroatoms. The average Bonchev–Trinajstić information content (AvgIpc) is 2.68. The lowest BCUT2D eigenvalue weighted by Crippen LogP contribution is -2.36. The van der Waals surface area contributed by atoms with Gasteiger partial charge in [0.15, 0.2) is 5.92 Å². The largest absolute Gasteiger partial charge is 0.465 e. The predicted octanol–water partition coefficient (Wildman–Crippen LogP) is 2.98. The Morgan fingerprint density at radius 2 is 1.76 bits per heavy atom. The van der Waals surface area contributed by atoms with E-state index in [1.807, 2.05) is 0 Å². The van der Waals surface area contributed by atoms with Gasteiger partial charge >= 0.3 is 11.9 Å². The topological polar surface area (TPSA) is 118 Å². The lowest BCUT2D eigenvalue weighted by molar-refractivity contribution is -0.484. The van der Waals surface area contributed by atoms with Crippen molar-refractivity contribution in [3.8, 4) is 11.6 Å². The van der Waals surface area contributed by atoms with Crippen LogP contribution in [0, 0.1) is 16.0 Å². The third-order valence-electron chi connectivity index (χ3n) is 3.98. The van der Waals surface area contributed by atoms with Gasteiger partial charge in [-0.15, -0.1) is 0 Å². The summed E-state index contributed by atoms with van der Waals surface area (Å²) in [6.07, 6.45) is 1.56. The van der Waals surface area contributed by atoms with E-state index in [1.165, 1.54) is 6.07 Å². The third kappa shape index (κ3) is 6.27. The van der Waals surface area contributed by atoms with Crippen molar-refractivity contribution in [1.82, 2.24) is 4.98 Å². The number of rotatable bonds is 10. The zero-order valence-corrected chi connectivity index (χ0v) is 16.1. The summed E-state index contributed by atoms with van der Waals surface area (Å²) in [7, 11) is 0. The fraction of sp³-hybridized carbons (Fsp3) is 0.350. The number of benzene rings is 1. The number of hydrogen-bond acceptors (Lipinski definition) is 8. The van der Waals surface area contributed by atoms with Crippen molar-refractivity contribution < 1.29 is 28.7 Å². The Hall–Kier alpha value is -3.49. The molecule has 0 radical (unpaired) electrons. The summed E-state index contributed by atoms with van der Waals surface area (Å²) in [6, 6.07) is 11.5. The Labute approximate surface area is 167 Å². The molecule has 1 heterocycles. The molecule has 0 aliphatic carbocycles. The van der Waals surface area contributed by atoms with Crippen molar-refractivity contribution in [2.45, 2.75) is 19.8 Å². The molecule has 154 valence electrons. The van der Waals surface area contributed by atoms with Crippen molar-refractivity contribution in [2.75, 3.05) is 19.8 Å². The summed E-state index contributed by atoms with van der Waals surface area (Å²) in [5, 5.41) is 11.3. The maximum Gasteiger partial charge on any atom is 0.321 e. The van der Waals surface area contributed by atoms with Gasteiger partial charge in [0.1, 0.15) is 5.75 Å². The highest BCUT2D eigenvalue weighted by atomic mass is 16.6. The van der Waals surface area contributed by atoms with Crippen LogP contribution in [0.25, 0.3) is 0 Å². The molecular formula is C20H22N2O7. The first-order valence-corrected chi connectivity index (χ1v) is 9.10. The first-order chi connectivity index (χ1) is 14.0. The highest BCUT2D eigenvalue weighted by Gasteiger charge is 2.41. The number of nitro groups is 1. The van der Waals surface area contributed by atoms with Gasteiger partial charge in [-0.25, -0.2) is 4.98 Å². The van der Waals surface area contributed by atoms with Crippen LogP contribution < -0.4 is 4.74 Å². The normalized spacial score (nSPS) is 11.6. The van der Waals surface area contributed by atoms with E-state index >= 15 is 0 Å². The fourth-order valence-corrected chi connectivity index (χ4v) is 2.79. The van der Waals surface area contributed by atoms with Gasteiger partial charge in [-0.05, 0) is 37.6 Å². The van der Waals surface area contributed by atoms with Crippen LogP contribution in [0.4, 0.5) is 0 Å². The van der Waals surface area contributed by atoms with E-state index in [1.54, 1.807) is 56.4 Å². The van der Waals surface area contributed by atoms with Gasteiger partial charge in [-0.2, -0.15) is 0 Å². The summed E-state index contributed by atoms with van der Waals surface area (Å²) in [5.41, 5.74) is 0.376. The Kier molecular flexibility index (Phi) is 8.08. The number of pyridine rings is 1. The molecule has 1 aromatic heterocycles. The number of aromatic nitrogens is 1. The lowest BCUT2D eigenvalue weighted by atomic mass is 9.85. The van der Waals surface area contributed by atoms with E-state index in [0.717, 1.165) is 0 Å². The number of esters is 2. The van der Waals surface area contributed by atoms with Crippen molar-refractivity contribution in [2.24, 2.45) is 5.92 Å². The fourth-order valence-electron chi connectivity index (χ4n) is 2.79. The second-order valence-corrected chi connectivity index (χ2v) is 5.95. The molecule has 2 aromatic rings. The molecule has 0 aliphatic heterocycles. The first kappa shape index (κ1) is 21.8. The number of hydrogen-bond donors (Lipinski definition) is 0. The summed E-state index contributed by atoms with van der Waals surface area (Å²) < 4.78 is 15.6. The molecule has 0 amide bonds. The molecule has 0 spiro atoms. The molecule has 0 N–H and O–H groups in total. The molecule has 0 saturated carbocycles. The van der Waals surface area contributed by atoms with Gasteiger partial charge < -0.3 is 14.2 Å². The highest BCUT2D eigenvalue weighted by Crippen LogP contribution is 2.31. The van der Waals surface area contributed by atoms with Crippen molar-refractivity contribution >= 4 is 11.9 Å². The van der Waals surface area contributed by atoms with E-state index < -0.39 is 35.2 Å². The molecule has 1 aromatic carbocycles. The molecule has 29 heavy (non-hydrogen) atoms. The Morgan fingerprint density at radius 3 is 2.31 bits per heavy atom. The lowest BCUT2D eigenvalue weighted by Gasteiger charge is -2.22. The average molecular weight is 402 g/mol. The number of carbonyl (C=O) groups excluding carboxylic acids is 2. The minimum Gasteiger partial charge on any atom is -0.465 e. The van der Waals surface area contributed by atoms with Gasteiger partial charge in [0.05, 0.1) is 19.1 Å². The molecule has 0 bridgehead atoms. The molecular weight excluding hydrogens is 380 g/mol. The zero-order valence-electron chi connectivity index (χ0n) is 16.1. The number of carbonyl (C=O) groups is 2. The summed E-state index contributed by atoms with van der Waals surface area (Å²) in [4.78, 5) is 39.7. The molecule has 1 unspecified atom stereocenters.